The molecule has 3 nitrogen and oxygen atoms in total. The van der Waals surface area contributed by atoms with Crippen LogP contribution in [0, 0.1) is 11.7 Å². The zero-order valence-electron chi connectivity index (χ0n) is 11.5. The standard InChI is InChI=1S/C14H17BrFN3S/c1-9(2)8-17-7-6-12-18-19-14(20-12)10-4-3-5-11(16)13(10)15/h3-5,9,17H,6-8H2,1-2H3. The molecule has 2 rings (SSSR count). The zero-order chi connectivity index (χ0) is 14.5. The summed E-state index contributed by atoms with van der Waals surface area (Å²) in [5, 5.41) is 13.4. The molecule has 0 saturated heterocycles. The molecule has 0 aliphatic rings. The summed E-state index contributed by atoms with van der Waals surface area (Å²) in [6, 6.07) is 4.94. The minimum absolute atomic E-state index is 0.280. The van der Waals surface area contributed by atoms with Crippen molar-refractivity contribution in [2.75, 3.05) is 13.1 Å². The normalized spacial score (nSPS) is 11.2. The summed E-state index contributed by atoms with van der Waals surface area (Å²) in [7, 11) is 0. The molecule has 0 saturated carbocycles. The van der Waals surface area contributed by atoms with Crippen LogP contribution in [-0.4, -0.2) is 23.3 Å². The lowest BCUT2D eigenvalue weighted by molar-refractivity contribution is 0.553. The quantitative estimate of drug-likeness (QED) is 0.796. The van der Waals surface area contributed by atoms with Crippen LogP contribution in [0.25, 0.3) is 10.6 Å². The van der Waals surface area contributed by atoms with E-state index in [-0.39, 0.29) is 5.82 Å². The van der Waals surface area contributed by atoms with Crippen molar-refractivity contribution in [3.8, 4) is 10.6 Å². The number of nitrogens with one attached hydrogen (secondary N) is 1. The Morgan fingerprint density at radius 3 is 2.90 bits per heavy atom. The van der Waals surface area contributed by atoms with Crippen LogP contribution in [0.15, 0.2) is 22.7 Å². The lowest BCUT2D eigenvalue weighted by atomic mass is 10.2. The smallest absolute Gasteiger partial charge is 0.149 e. The van der Waals surface area contributed by atoms with E-state index >= 15 is 0 Å². The Hall–Kier alpha value is -0.850. The molecule has 108 valence electrons. The van der Waals surface area contributed by atoms with Crippen molar-refractivity contribution in [1.82, 2.24) is 15.5 Å². The fraction of sp³-hybridized carbons (Fsp3) is 0.429. The van der Waals surface area contributed by atoms with Gasteiger partial charge in [0.1, 0.15) is 15.8 Å². The van der Waals surface area contributed by atoms with Crippen molar-refractivity contribution in [1.29, 1.82) is 0 Å². The maximum absolute atomic E-state index is 13.5. The molecular weight excluding hydrogens is 341 g/mol. The molecule has 0 aliphatic carbocycles. The second-order valence-electron chi connectivity index (χ2n) is 4.95. The first-order valence-electron chi connectivity index (χ1n) is 6.55. The molecular formula is C14H17BrFN3S. The summed E-state index contributed by atoms with van der Waals surface area (Å²) in [5.74, 6) is 0.362. The Balaban J connectivity index is 2.00. The molecule has 0 bridgehead atoms. The first-order valence-corrected chi connectivity index (χ1v) is 8.16. The van der Waals surface area contributed by atoms with Gasteiger partial charge in [0, 0.05) is 18.5 Å². The molecule has 0 spiro atoms. The predicted molar refractivity (Wildman–Crippen MR) is 84.4 cm³/mol. The molecule has 1 aromatic heterocycles. The number of halogens is 2. The Morgan fingerprint density at radius 1 is 1.35 bits per heavy atom. The van der Waals surface area contributed by atoms with Crippen LogP contribution in [-0.2, 0) is 6.42 Å². The molecule has 2 aromatic rings. The fourth-order valence-electron chi connectivity index (χ4n) is 1.72. The molecule has 1 N–H and O–H groups in total. The summed E-state index contributed by atoms with van der Waals surface area (Å²) in [6.45, 7) is 6.24. The molecule has 0 aliphatic heterocycles. The SMILES string of the molecule is CC(C)CNCCc1nnc(-c2cccc(F)c2Br)s1. The second kappa shape index (κ2) is 7.24. The van der Waals surface area contributed by atoms with Gasteiger partial charge >= 0.3 is 0 Å². The van der Waals surface area contributed by atoms with Gasteiger partial charge in [-0.2, -0.15) is 0 Å². The summed E-state index contributed by atoms with van der Waals surface area (Å²) in [6.07, 6.45) is 0.845. The highest BCUT2D eigenvalue weighted by Crippen LogP contribution is 2.32. The fourth-order valence-corrected chi connectivity index (χ4v) is 3.17. The van der Waals surface area contributed by atoms with Crippen LogP contribution in [0.1, 0.15) is 18.9 Å². The van der Waals surface area contributed by atoms with Gasteiger partial charge in [0.2, 0.25) is 0 Å². The average molecular weight is 358 g/mol. The Morgan fingerprint density at radius 2 is 2.15 bits per heavy atom. The first-order chi connectivity index (χ1) is 9.58. The molecule has 1 aromatic carbocycles. The minimum atomic E-state index is -0.280. The maximum atomic E-state index is 13.5. The van der Waals surface area contributed by atoms with E-state index < -0.39 is 0 Å². The number of rotatable bonds is 6. The third-order valence-electron chi connectivity index (χ3n) is 2.72. The predicted octanol–water partition coefficient (Wildman–Crippen LogP) is 3.89. The van der Waals surface area contributed by atoms with E-state index in [9.17, 15) is 4.39 Å². The number of hydrogen-bond acceptors (Lipinski definition) is 4. The topological polar surface area (TPSA) is 37.8 Å². The van der Waals surface area contributed by atoms with E-state index in [0.717, 1.165) is 35.1 Å². The number of hydrogen-bond donors (Lipinski definition) is 1. The molecule has 0 radical (unpaired) electrons. The molecule has 0 atom stereocenters. The maximum Gasteiger partial charge on any atom is 0.149 e. The van der Waals surface area contributed by atoms with Crippen LogP contribution in [0.4, 0.5) is 4.39 Å². The van der Waals surface area contributed by atoms with Crippen molar-refractivity contribution < 1.29 is 4.39 Å². The molecule has 20 heavy (non-hydrogen) atoms. The van der Waals surface area contributed by atoms with E-state index in [1.165, 1.54) is 17.4 Å². The van der Waals surface area contributed by atoms with Crippen molar-refractivity contribution in [2.24, 2.45) is 5.92 Å². The van der Waals surface area contributed by atoms with Crippen LogP contribution < -0.4 is 5.32 Å². The van der Waals surface area contributed by atoms with Gasteiger partial charge in [-0.3, -0.25) is 0 Å². The largest absolute Gasteiger partial charge is 0.316 e. The van der Waals surface area contributed by atoms with E-state index in [4.69, 9.17) is 0 Å². The number of aromatic nitrogens is 2. The van der Waals surface area contributed by atoms with Gasteiger partial charge in [0.25, 0.3) is 0 Å². The minimum Gasteiger partial charge on any atom is -0.316 e. The van der Waals surface area contributed by atoms with Crippen molar-refractivity contribution in [2.45, 2.75) is 20.3 Å². The monoisotopic (exact) mass is 357 g/mol. The molecule has 0 fully saturated rings. The third kappa shape index (κ3) is 4.07. The zero-order valence-corrected chi connectivity index (χ0v) is 13.9. The van der Waals surface area contributed by atoms with Gasteiger partial charge in [-0.15, -0.1) is 10.2 Å². The van der Waals surface area contributed by atoms with Crippen molar-refractivity contribution in [3.05, 3.63) is 33.5 Å². The van der Waals surface area contributed by atoms with E-state index in [2.05, 4.69) is 45.3 Å². The Bertz CT molecular complexity index is 571. The van der Waals surface area contributed by atoms with Crippen LogP contribution >= 0.6 is 27.3 Å². The summed E-state index contributed by atoms with van der Waals surface area (Å²) in [5.41, 5.74) is 0.754. The van der Waals surface area contributed by atoms with Gasteiger partial charge in [-0.25, -0.2) is 4.39 Å². The van der Waals surface area contributed by atoms with E-state index in [0.29, 0.717) is 10.4 Å². The van der Waals surface area contributed by atoms with Gasteiger partial charge < -0.3 is 5.32 Å². The summed E-state index contributed by atoms with van der Waals surface area (Å²) >= 11 is 4.77. The lowest BCUT2D eigenvalue weighted by Crippen LogP contribution is -2.22. The first kappa shape index (κ1) is 15.5. The van der Waals surface area contributed by atoms with E-state index in [1.807, 2.05) is 6.07 Å². The lowest BCUT2D eigenvalue weighted by Gasteiger charge is -2.05. The molecule has 0 amide bonds. The van der Waals surface area contributed by atoms with Gasteiger partial charge in [0.05, 0.1) is 4.47 Å². The number of benzene rings is 1. The van der Waals surface area contributed by atoms with Crippen LogP contribution in [0.2, 0.25) is 0 Å². The molecule has 0 unspecified atom stereocenters. The van der Waals surface area contributed by atoms with Gasteiger partial charge in [0.15, 0.2) is 0 Å². The average Bonchev–Trinajstić information content (AvgIpc) is 2.86. The summed E-state index contributed by atoms with van der Waals surface area (Å²) in [4.78, 5) is 0. The van der Waals surface area contributed by atoms with Gasteiger partial charge in [-0.1, -0.05) is 37.3 Å². The molecule has 1 heterocycles. The third-order valence-corrected chi connectivity index (χ3v) is 4.54. The molecule has 6 heteroatoms. The Labute approximate surface area is 130 Å². The van der Waals surface area contributed by atoms with Crippen molar-refractivity contribution in [3.63, 3.8) is 0 Å². The Kier molecular flexibility index (Phi) is 5.63. The highest BCUT2D eigenvalue weighted by atomic mass is 79.9. The highest BCUT2D eigenvalue weighted by Gasteiger charge is 2.12. The van der Waals surface area contributed by atoms with Crippen LogP contribution in [0.3, 0.4) is 0 Å². The van der Waals surface area contributed by atoms with Crippen LogP contribution in [0.5, 0.6) is 0 Å². The number of nitrogens with zero attached hydrogens (tertiary/aromatic N) is 2. The second-order valence-corrected chi connectivity index (χ2v) is 6.81. The van der Waals surface area contributed by atoms with Crippen molar-refractivity contribution >= 4 is 27.3 Å². The van der Waals surface area contributed by atoms with E-state index in [1.54, 1.807) is 6.07 Å². The highest BCUT2D eigenvalue weighted by molar-refractivity contribution is 9.10. The van der Waals surface area contributed by atoms with Gasteiger partial charge in [-0.05, 0) is 34.5 Å². The summed E-state index contributed by atoms with van der Waals surface area (Å²) < 4.78 is 13.9.